The van der Waals surface area contributed by atoms with Crippen LogP contribution in [0.15, 0.2) is 24.3 Å². The number of carbonyl (C=O) groups excluding carboxylic acids is 1. The largest absolute Gasteiger partial charge is 0.416 e. The molecule has 0 saturated carbocycles. The number of aliphatic hydroxyl groups is 1. The van der Waals surface area contributed by atoms with Crippen LogP contribution in [0, 0.1) is 0 Å². The summed E-state index contributed by atoms with van der Waals surface area (Å²) in [5.74, 6) is 0. The quantitative estimate of drug-likeness (QED) is 0.898. The number of carbonyl (C=O) groups is 1. The van der Waals surface area contributed by atoms with Gasteiger partial charge in [0.05, 0.1) is 17.7 Å². The van der Waals surface area contributed by atoms with Gasteiger partial charge in [-0.3, -0.25) is 0 Å². The Labute approximate surface area is 121 Å². The van der Waals surface area contributed by atoms with E-state index in [0.717, 1.165) is 12.1 Å². The molecule has 0 unspecified atom stereocenters. The van der Waals surface area contributed by atoms with Gasteiger partial charge in [-0.25, -0.2) is 4.79 Å². The summed E-state index contributed by atoms with van der Waals surface area (Å²) in [6.07, 6.45) is -4.41. The SMILES string of the molecule is CN(CC(C)(C)O)C(=O)NCc1cccc(C(F)(F)F)c1. The summed E-state index contributed by atoms with van der Waals surface area (Å²) in [6.45, 7) is 3.22. The number of amides is 2. The van der Waals surface area contributed by atoms with Crippen molar-refractivity contribution in [3.63, 3.8) is 0 Å². The summed E-state index contributed by atoms with van der Waals surface area (Å²) < 4.78 is 37.7. The van der Waals surface area contributed by atoms with E-state index in [1.54, 1.807) is 13.8 Å². The van der Waals surface area contributed by atoms with Gasteiger partial charge >= 0.3 is 12.2 Å². The summed E-state index contributed by atoms with van der Waals surface area (Å²) in [7, 11) is 1.50. The molecule has 1 rings (SSSR count). The first-order valence-electron chi connectivity index (χ1n) is 6.36. The van der Waals surface area contributed by atoms with Crippen LogP contribution in [0.5, 0.6) is 0 Å². The van der Waals surface area contributed by atoms with Crippen molar-refractivity contribution >= 4 is 6.03 Å². The molecule has 0 aliphatic rings. The highest BCUT2D eigenvalue weighted by molar-refractivity contribution is 5.73. The fourth-order valence-electron chi connectivity index (χ4n) is 1.82. The van der Waals surface area contributed by atoms with Gasteiger partial charge in [0, 0.05) is 13.6 Å². The zero-order chi connectivity index (χ0) is 16.3. The Morgan fingerprint density at radius 1 is 1.33 bits per heavy atom. The van der Waals surface area contributed by atoms with Gasteiger partial charge in [-0.1, -0.05) is 12.1 Å². The maximum atomic E-state index is 12.6. The normalized spacial score (nSPS) is 12.1. The van der Waals surface area contributed by atoms with Crippen LogP contribution in [-0.4, -0.2) is 35.2 Å². The third-order valence-corrected chi connectivity index (χ3v) is 2.67. The molecule has 0 radical (unpaired) electrons. The van der Waals surface area contributed by atoms with E-state index < -0.39 is 23.4 Å². The molecular weight excluding hydrogens is 285 g/mol. The van der Waals surface area contributed by atoms with Crippen molar-refractivity contribution in [1.29, 1.82) is 0 Å². The maximum Gasteiger partial charge on any atom is 0.416 e. The molecule has 118 valence electrons. The highest BCUT2D eigenvalue weighted by atomic mass is 19.4. The molecule has 7 heteroatoms. The number of nitrogens with one attached hydrogen (secondary N) is 1. The Kier molecular flexibility index (Phi) is 5.22. The zero-order valence-electron chi connectivity index (χ0n) is 12.2. The van der Waals surface area contributed by atoms with Gasteiger partial charge in [-0.05, 0) is 31.5 Å². The van der Waals surface area contributed by atoms with Gasteiger partial charge in [-0.15, -0.1) is 0 Å². The lowest BCUT2D eigenvalue weighted by molar-refractivity contribution is -0.137. The number of alkyl halides is 3. The molecule has 0 aliphatic heterocycles. The van der Waals surface area contributed by atoms with Crippen LogP contribution < -0.4 is 5.32 Å². The fourth-order valence-corrected chi connectivity index (χ4v) is 1.82. The van der Waals surface area contributed by atoms with Crippen LogP contribution >= 0.6 is 0 Å². The first-order valence-corrected chi connectivity index (χ1v) is 6.36. The average Bonchev–Trinajstić information content (AvgIpc) is 2.33. The van der Waals surface area contributed by atoms with Crippen molar-refractivity contribution in [2.24, 2.45) is 0 Å². The Balaban J connectivity index is 2.61. The molecule has 21 heavy (non-hydrogen) atoms. The second kappa shape index (κ2) is 6.34. The molecule has 4 nitrogen and oxygen atoms in total. The lowest BCUT2D eigenvalue weighted by Gasteiger charge is -2.25. The Hall–Kier alpha value is -1.76. The van der Waals surface area contributed by atoms with Crippen LogP contribution in [0.2, 0.25) is 0 Å². The van der Waals surface area contributed by atoms with Crippen LogP contribution in [0.25, 0.3) is 0 Å². The summed E-state index contributed by atoms with van der Waals surface area (Å²) in [4.78, 5) is 13.0. The molecule has 1 aromatic rings. The van der Waals surface area contributed by atoms with E-state index in [-0.39, 0.29) is 13.1 Å². The molecule has 2 amide bonds. The minimum atomic E-state index is -4.41. The Bertz CT molecular complexity index is 496. The lowest BCUT2D eigenvalue weighted by Crippen LogP contribution is -2.44. The molecule has 1 aromatic carbocycles. The highest BCUT2D eigenvalue weighted by Gasteiger charge is 2.30. The van der Waals surface area contributed by atoms with Crippen LogP contribution in [0.3, 0.4) is 0 Å². The topological polar surface area (TPSA) is 52.6 Å². The molecule has 0 bridgehead atoms. The van der Waals surface area contributed by atoms with Gasteiger partial charge in [0.2, 0.25) is 0 Å². The van der Waals surface area contributed by atoms with E-state index in [1.807, 2.05) is 0 Å². The summed E-state index contributed by atoms with van der Waals surface area (Å²) in [5, 5.41) is 12.1. The standard InChI is InChI=1S/C14H19F3N2O2/c1-13(2,21)9-19(3)12(20)18-8-10-5-4-6-11(7-10)14(15,16)17/h4-7,21H,8-9H2,1-3H3,(H,18,20). The summed E-state index contributed by atoms with van der Waals surface area (Å²) in [6, 6.07) is 4.31. The molecule has 2 N–H and O–H groups in total. The minimum Gasteiger partial charge on any atom is -0.389 e. The van der Waals surface area contributed by atoms with Gasteiger partial charge in [0.25, 0.3) is 0 Å². The number of rotatable bonds is 4. The van der Waals surface area contributed by atoms with Crippen molar-refractivity contribution in [1.82, 2.24) is 10.2 Å². The van der Waals surface area contributed by atoms with Crippen molar-refractivity contribution in [2.45, 2.75) is 32.2 Å². The smallest absolute Gasteiger partial charge is 0.389 e. The first kappa shape index (κ1) is 17.3. The number of hydrogen-bond acceptors (Lipinski definition) is 2. The molecule has 0 fully saturated rings. The summed E-state index contributed by atoms with van der Waals surface area (Å²) in [5.41, 5.74) is -1.43. The van der Waals surface area contributed by atoms with Gasteiger partial charge in [0.1, 0.15) is 0 Å². The minimum absolute atomic E-state index is 0.0149. The van der Waals surface area contributed by atoms with Gasteiger partial charge < -0.3 is 15.3 Å². The monoisotopic (exact) mass is 304 g/mol. The van der Waals surface area contributed by atoms with E-state index in [0.29, 0.717) is 5.56 Å². The first-order chi connectivity index (χ1) is 9.49. The number of hydrogen-bond donors (Lipinski definition) is 2. The van der Waals surface area contributed by atoms with E-state index >= 15 is 0 Å². The highest BCUT2D eigenvalue weighted by Crippen LogP contribution is 2.29. The third-order valence-electron chi connectivity index (χ3n) is 2.67. The molecule has 0 saturated heterocycles. The number of benzene rings is 1. The molecule has 0 heterocycles. The second-order valence-corrected chi connectivity index (χ2v) is 5.53. The molecular formula is C14H19F3N2O2. The molecule has 0 aliphatic carbocycles. The molecule has 0 atom stereocenters. The van der Waals surface area contributed by atoms with E-state index in [4.69, 9.17) is 0 Å². The maximum absolute atomic E-state index is 12.6. The van der Waals surface area contributed by atoms with Gasteiger partial charge in [-0.2, -0.15) is 13.2 Å². The Morgan fingerprint density at radius 3 is 2.48 bits per heavy atom. The van der Waals surface area contributed by atoms with Crippen LogP contribution in [0.4, 0.5) is 18.0 Å². The number of nitrogens with zero attached hydrogens (tertiary/aromatic N) is 1. The second-order valence-electron chi connectivity index (χ2n) is 5.53. The lowest BCUT2D eigenvalue weighted by atomic mass is 10.1. The van der Waals surface area contributed by atoms with Crippen molar-refractivity contribution in [3.8, 4) is 0 Å². The number of halogens is 3. The molecule has 0 spiro atoms. The van der Waals surface area contributed by atoms with E-state index in [2.05, 4.69) is 5.32 Å². The summed E-state index contributed by atoms with van der Waals surface area (Å²) >= 11 is 0. The van der Waals surface area contributed by atoms with Gasteiger partial charge in [0.15, 0.2) is 0 Å². The number of likely N-dealkylation sites (N-methyl/N-ethyl adjacent to an activating group) is 1. The van der Waals surface area contributed by atoms with E-state index in [9.17, 15) is 23.1 Å². The number of urea groups is 1. The average molecular weight is 304 g/mol. The predicted octanol–water partition coefficient (Wildman–Crippen LogP) is 2.62. The third kappa shape index (κ3) is 6.03. The fraction of sp³-hybridized carbons (Fsp3) is 0.500. The van der Waals surface area contributed by atoms with Crippen LogP contribution in [-0.2, 0) is 12.7 Å². The zero-order valence-corrected chi connectivity index (χ0v) is 12.2. The van der Waals surface area contributed by atoms with Crippen molar-refractivity contribution < 1.29 is 23.1 Å². The Morgan fingerprint density at radius 2 is 1.95 bits per heavy atom. The van der Waals surface area contributed by atoms with E-state index in [1.165, 1.54) is 24.1 Å². The molecule has 0 aromatic heterocycles. The van der Waals surface area contributed by atoms with Crippen molar-refractivity contribution in [3.05, 3.63) is 35.4 Å². The van der Waals surface area contributed by atoms with Crippen LogP contribution in [0.1, 0.15) is 25.0 Å². The van der Waals surface area contributed by atoms with Crippen molar-refractivity contribution in [2.75, 3.05) is 13.6 Å². The predicted molar refractivity (Wildman–Crippen MR) is 72.6 cm³/mol.